The Morgan fingerprint density at radius 2 is 1.75 bits per heavy atom. The van der Waals surface area contributed by atoms with Crippen molar-refractivity contribution in [2.75, 3.05) is 26.2 Å². The molecule has 3 heteroatoms. The zero-order valence-electron chi connectivity index (χ0n) is 13.8. The zero-order chi connectivity index (χ0) is 14.9. The van der Waals surface area contributed by atoms with Crippen molar-refractivity contribution in [3.05, 3.63) is 11.3 Å². The van der Waals surface area contributed by atoms with Crippen LogP contribution in [0.25, 0.3) is 0 Å². The first-order chi connectivity index (χ1) is 9.30. The van der Waals surface area contributed by atoms with Gasteiger partial charge >= 0.3 is 0 Å². The molecule has 0 N–H and O–H groups in total. The number of rotatable bonds is 3. The van der Waals surface area contributed by atoms with E-state index in [9.17, 15) is 4.79 Å². The molecule has 20 heavy (non-hydrogen) atoms. The van der Waals surface area contributed by atoms with Crippen LogP contribution < -0.4 is 0 Å². The Hall–Kier alpha value is -0.830. The molecule has 0 saturated carbocycles. The summed E-state index contributed by atoms with van der Waals surface area (Å²) in [6.45, 7) is 14.8. The third-order valence-electron chi connectivity index (χ3n) is 4.44. The molecule has 2 heterocycles. The monoisotopic (exact) mass is 278 g/mol. The van der Waals surface area contributed by atoms with Crippen molar-refractivity contribution >= 4 is 5.91 Å². The Kier molecular flexibility index (Phi) is 4.58. The predicted octanol–water partition coefficient (Wildman–Crippen LogP) is 3.27. The van der Waals surface area contributed by atoms with Crippen LogP contribution in [-0.4, -0.2) is 41.9 Å². The van der Waals surface area contributed by atoms with E-state index in [1.807, 2.05) is 0 Å². The second-order valence-corrected chi connectivity index (χ2v) is 7.56. The lowest BCUT2D eigenvalue weighted by molar-refractivity contribution is -0.130. The minimum Gasteiger partial charge on any atom is -0.314 e. The van der Waals surface area contributed by atoms with Crippen molar-refractivity contribution < 1.29 is 4.79 Å². The van der Waals surface area contributed by atoms with E-state index in [-0.39, 0.29) is 5.41 Å². The molecule has 0 unspecified atom stereocenters. The van der Waals surface area contributed by atoms with Crippen LogP contribution in [0, 0.1) is 11.3 Å². The second kappa shape index (κ2) is 5.88. The molecule has 2 aliphatic heterocycles. The lowest BCUT2D eigenvalue weighted by atomic mass is 9.85. The third-order valence-corrected chi connectivity index (χ3v) is 4.44. The fourth-order valence-electron chi connectivity index (χ4n) is 3.55. The Morgan fingerprint density at radius 3 is 2.25 bits per heavy atom. The SMILES string of the molecule is CC(C)C1=C(C(C)(C)C)N(C(=O)CN2CCCC2)CC1. The molecule has 0 radical (unpaired) electrons. The van der Waals surface area contributed by atoms with Gasteiger partial charge in [0.2, 0.25) is 5.91 Å². The van der Waals surface area contributed by atoms with E-state index in [4.69, 9.17) is 0 Å². The van der Waals surface area contributed by atoms with E-state index < -0.39 is 0 Å². The van der Waals surface area contributed by atoms with Crippen molar-refractivity contribution in [2.45, 2.75) is 53.9 Å². The van der Waals surface area contributed by atoms with Gasteiger partial charge in [-0.25, -0.2) is 0 Å². The average molecular weight is 278 g/mol. The van der Waals surface area contributed by atoms with E-state index in [1.165, 1.54) is 24.1 Å². The zero-order valence-corrected chi connectivity index (χ0v) is 13.8. The number of carbonyl (C=O) groups is 1. The average Bonchev–Trinajstić information content (AvgIpc) is 2.95. The molecule has 2 rings (SSSR count). The minimum absolute atomic E-state index is 0.0524. The molecule has 0 aromatic rings. The standard InChI is InChI=1S/C17H30N2O/c1-13(2)14-8-11-19(16(14)17(3,4)5)15(20)12-18-9-6-7-10-18/h13H,6-12H2,1-5H3. The van der Waals surface area contributed by atoms with Crippen LogP contribution in [0.3, 0.4) is 0 Å². The molecule has 1 saturated heterocycles. The van der Waals surface area contributed by atoms with Crippen LogP contribution in [0.5, 0.6) is 0 Å². The maximum absolute atomic E-state index is 12.7. The minimum atomic E-state index is 0.0524. The highest BCUT2D eigenvalue weighted by Gasteiger charge is 2.35. The first-order valence-electron chi connectivity index (χ1n) is 8.07. The quantitative estimate of drug-likeness (QED) is 0.791. The number of carbonyl (C=O) groups excluding carboxylic acids is 1. The summed E-state index contributed by atoms with van der Waals surface area (Å²) in [5.41, 5.74) is 2.82. The van der Waals surface area contributed by atoms with Gasteiger partial charge in [-0.1, -0.05) is 34.6 Å². The third kappa shape index (κ3) is 3.25. The molecule has 0 spiro atoms. The summed E-state index contributed by atoms with van der Waals surface area (Å²) in [5, 5.41) is 0. The van der Waals surface area contributed by atoms with Gasteiger partial charge in [0.05, 0.1) is 6.54 Å². The van der Waals surface area contributed by atoms with E-state index in [0.717, 1.165) is 26.1 Å². The van der Waals surface area contributed by atoms with Gasteiger partial charge in [-0.05, 0) is 43.8 Å². The summed E-state index contributed by atoms with van der Waals surface area (Å²) in [7, 11) is 0. The van der Waals surface area contributed by atoms with Crippen molar-refractivity contribution in [3.8, 4) is 0 Å². The topological polar surface area (TPSA) is 23.6 Å². The van der Waals surface area contributed by atoms with Gasteiger partial charge in [0, 0.05) is 17.7 Å². The van der Waals surface area contributed by atoms with Gasteiger partial charge in [-0.15, -0.1) is 0 Å². The maximum Gasteiger partial charge on any atom is 0.240 e. The van der Waals surface area contributed by atoms with E-state index in [2.05, 4.69) is 44.4 Å². The Bertz CT molecular complexity index is 398. The molecule has 2 aliphatic rings. The van der Waals surface area contributed by atoms with Crippen LogP contribution in [0.15, 0.2) is 11.3 Å². The highest BCUT2D eigenvalue weighted by atomic mass is 16.2. The van der Waals surface area contributed by atoms with Gasteiger partial charge in [0.15, 0.2) is 0 Å². The molecule has 0 aromatic heterocycles. The maximum atomic E-state index is 12.7. The smallest absolute Gasteiger partial charge is 0.240 e. The first-order valence-corrected chi connectivity index (χ1v) is 8.07. The fourth-order valence-corrected chi connectivity index (χ4v) is 3.55. The number of hydrogen-bond donors (Lipinski definition) is 0. The highest BCUT2D eigenvalue weighted by molar-refractivity contribution is 5.81. The van der Waals surface area contributed by atoms with Crippen LogP contribution in [-0.2, 0) is 4.79 Å². The van der Waals surface area contributed by atoms with Gasteiger partial charge in [-0.2, -0.15) is 0 Å². The highest BCUT2D eigenvalue weighted by Crippen LogP contribution is 2.39. The molecule has 0 aromatic carbocycles. The van der Waals surface area contributed by atoms with Gasteiger partial charge < -0.3 is 4.90 Å². The Labute approximate surface area is 124 Å². The molecule has 0 bridgehead atoms. The molecule has 3 nitrogen and oxygen atoms in total. The summed E-state index contributed by atoms with van der Waals surface area (Å²) < 4.78 is 0. The molecule has 0 aliphatic carbocycles. The van der Waals surface area contributed by atoms with Crippen LogP contribution in [0.2, 0.25) is 0 Å². The molecule has 1 amide bonds. The number of nitrogens with zero attached hydrogens (tertiary/aromatic N) is 2. The van der Waals surface area contributed by atoms with E-state index in [0.29, 0.717) is 18.4 Å². The van der Waals surface area contributed by atoms with Crippen LogP contribution >= 0.6 is 0 Å². The summed E-state index contributed by atoms with van der Waals surface area (Å²) >= 11 is 0. The van der Waals surface area contributed by atoms with Crippen LogP contribution in [0.4, 0.5) is 0 Å². The number of amides is 1. The summed E-state index contributed by atoms with van der Waals surface area (Å²) in [6.07, 6.45) is 3.54. The Morgan fingerprint density at radius 1 is 1.15 bits per heavy atom. The number of hydrogen-bond acceptors (Lipinski definition) is 2. The number of allylic oxidation sites excluding steroid dienone is 1. The normalized spacial score (nSPS) is 21.4. The van der Waals surface area contributed by atoms with Gasteiger partial charge in [0.25, 0.3) is 0 Å². The number of likely N-dealkylation sites (tertiary alicyclic amines) is 1. The van der Waals surface area contributed by atoms with Crippen molar-refractivity contribution in [1.82, 2.24) is 9.80 Å². The Balaban J connectivity index is 2.16. The lowest BCUT2D eigenvalue weighted by Crippen LogP contribution is -2.40. The first kappa shape index (κ1) is 15.6. The largest absolute Gasteiger partial charge is 0.314 e. The summed E-state index contributed by atoms with van der Waals surface area (Å²) in [5.74, 6) is 0.835. The van der Waals surface area contributed by atoms with E-state index in [1.54, 1.807) is 0 Å². The fraction of sp³-hybridized carbons (Fsp3) is 0.824. The van der Waals surface area contributed by atoms with Crippen molar-refractivity contribution in [3.63, 3.8) is 0 Å². The summed E-state index contributed by atoms with van der Waals surface area (Å²) in [4.78, 5) is 17.1. The molecule has 1 fully saturated rings. The second-order valence-electron chi connectivity index (χ2n) is 7.56. The van der Waals surface area contributed by atoms with Gasteiger partial charge in [0.1, 0.15) is 0 Å². The molecule has 0 atom stereocenters. The molecule has 114 valence electrons. The predicted molar refractivity (Wildman–Crippen MR) is 83.3 cm³/mol. The summed E-state index contributed by atoms with van der Waals surface area (Å²) in [6, 6.07) is 0. The van der Waals surface area contributed by atoms with Crippen molar-refractivity contribution in [1.29, 1.82) is 0 Å². The van der Waals surface area contributed by atoms with E-state index >= 15 is 0 Å². The lowest BCUT2D eigenvalue weighted by Gasteiger charge is -2.32. The van der Waals surface area contributed by atoms with Crippen LogP contribution in [0.1, 0.15) is 53.9 Å². The molecular formula is C17H30N2O. The van der Waals surface area contributed by atoms with Gasteiger partial charge in [-0.3, -0.25) is 9.69 Å². The van der Waals surface area contributed by atoms with Crippen molar-refractivity contribution in [2.24, 2.45) is 11.3 Å². The molecular weight excluding hydrogens is 248 g/mol.